The summed E-state index contributed by atoms with van der Waals surface area (Å²) in [5.41, 5.74) is 2.92. The quantitative estimate of drug-likeness (QED) is 0.543. The first kappa shape index (κ1) is 9.59. The Bertz CT molecular complexity index is 647. The zero-order chi connectivity index (χ0) is 11.0. The topological polar surface area (TPSA) is 54.5 Å². The summed E-state index contributed by atoms with van der Waals surface area (Å²) in [5, 5.41) is 2.12. The summed E-state index contributed by atoms with van der Waals surface area (Å²) in [6.07, 6.45) is 3.31. The van der Waals surface area contributed by atoms with Gasteiger partial charge >= 0.3 is 0 Å². The summed E-state index contributed by atoms with van der Waals surface area (Å²) < 4.78 is 0. The van der Waals surface area contributed by atoms with Crippen molar-refractivity contribution < 1.29 is 0 Å². The molecule has 4 nitrogen and oxygen atoms in total. The highest BCUT2D eigenvalue weighted by Crippen LogP contribution is 2.26. The molecule has 0 aliphatic heterocycles. The fraction of sp³-hybridized carbons (Fsp3) is 0.182. The van der Waals surface area contributed by atoms with Gasteiger partial charge in [-0.1, -0.05) is 6.92 Å². The lowest BCUT2D eigenvalue weighted by Crippen LogP contribution is -1.87. The Balaban J connectivity index is 2.35. The number of aromatic nitrogens is 4. The van der Waals surface area contributed by atoms with E-state index in [1.54, 1.807) is 24.4 Å². The Kier molecular flexibility index (Phi) is 2.25. The molecule has 3 rings (SSSR count). The average molecular weight is 230 g/mol. The van der Waals surface area contributed by atoms with E-state index < -0.39 is 0 Å². The lowest BCUT2D eigenvalue weighted by atomic mass is 10.2. The van der Waals surface area contributed by atoms with E-state index in [2.05, 4.69) is 32.9 Å². The third kappa shape index (κ3) is 1.44. The third-order valence-electron chi connectivity index (χ3n) is 2.42. The van der Waals surface area contributed by atoms with Gasteiger partial charge < -0.3 is 4.98 Å². The van der Waals surface area contributed by atoms with Crippen LogP contribution in [-0.4, -0.2) is 25.7 Å². The van der Waals surface area contributed by atoms with Crippen molar-refractivity contribution in [1.29, 1.82) is 0 Å². The van der Waals surface area contributed by atoms with E-state index in [1.807, 2.05) is 6.07 Å². The SMILES string of the molecule is CCSc1ncnc2cc3nc[nH]c3cc12. The van der Waals surface area contributed by atoms with Gasteiger partial charge in [-0.25, -0.2) is 15.0 Å². The normalized spacial score (nSPS) is 11.3. The average Bonchev–Trinajstić information content (AvgIpc) is 2.74. The van der Waals surface area contributed by atoms with Gasteiger partial charge in [0.15, 0.2) is 0 Å². The number of hydrogen-bond donors (Lipinski definition) is 1. The van der Waals surface area contributed by atoms with Crippen LogP contribution in [0.3, 0.4) is 0 Å². The Hall–Kier alpha value is -1.62. The van der Waals surface area contributed by atoms with E-state index in [0.29, 0.717) is 0 Å². The molecule has 0 unspecified atom stereocenters. The van der Waals surface area contributed by atoms with E-state index >= 15 is 0 Å². The lowest BCUT2D eigenvalue weighted by molar-refractivity contribution is 1.10. The highest BCUT2D eigenvalue weighted by atomic mass is 32.2. The van der Waals surface area contributed by atoms with Crippen LogP contribution in [-0.2, 0) is 0 Å². The van der Waals surface area contributed by atoms with Crippen molar-refractivity contribution in [2.75, 3.05) is 5.75 Å². The van der Waals surface area contributed by atoms with Gasteiger partial charge in [-0.15, -0.1) is 11.8 Å². The number of fused-ring (bicyclic) bond motifs is 2. The van der Waals surface area contributed by atoms with E-state index in [0.717, 1.165) is 32.7 Å². The van der Waals surface area contributed by atoms with Gasteiger partial charge in [-0.05, 0) is 17.9 Å². The molecular formula is C11H10N4S. The summed E-state index contributed by atoms with van der Waals surface area (Å²) in [4.78, 5) is 15.9. The van der Waals surface area contributed by atoms with Gasteiger partial charge in [0.2, 0.25) is 0 Å². The van der Waals surface area contributed by atoms with Crippen LogP contribution in [0.15, 0.2) is 29.8 Å². The zero-order valence-corrected chi connectivity index (χ0v) is 9.58. The molecule has 2 aromatic heterocycles. The second-order valence-electron chi connectivity index (χ2n) is 3.40. The van der Waals surface area contributed by atoms with Crippen LogP contribution in [0.2, 0.25) is 0 Å². The highest BCUT2D eigenvalue weighted by molar-refractivity contribution is 7.99. The van der Waals surface area contributed by atoms with Gasteiger partial charge in [-0.2, -0.15) is 0 Å². The molecular weight excluding hydrogens is 220 g/mol. The van der Waals surface area contributed by atoms with Crippen molar-refractivity contribution in [2.24, 2.45) is 0 Å². The molecule has 0 spiro atoms. The van der Waals surface area contributed by atoms with E-state index in [4.69, 9.17) is 0 Å². The third-order valence-corrected chi connectivity index (χ3v) is 3.31. The molecule has 0 amide bonds. The molecule has 16 heavy (non-hydrogen) atoms. The maximum atomic E-state index is 4.31. The molecule has 2 heterocycles. The second kappa shape index (κ2) is 3.75. The summed E-state index contributed by atoms with van der Waals surface area (Å²) in [7, 11) is 0. The van der Waals surface area contributed by atoms with E-state index in [1.165, 1.54) is 0 Å². The number of nitrogens with zero attached hydrogens (tertiary/aromatic N) is 3. The van der Waals surface area contributed by atoms with Crippen molar-refractivity contribution in [3.63, 3.8) is 0 Å². The number of imidazole rings is 1. The molecule has 80 valence electrons. The van der Waals surface area contributed by atoms with Gasteiger partial charge in [0.1, 0.15) is 11.4 Å². The molecule has 0 atom stereocenters. The molecule has 0 fully saturated rings. The first-order chi connectivity index (χ1) is 7.88. The summed E-state index contributed by atoms with van der Waals surface area (Å²) in [5.74, 6) is 1.01. The summed E-state index contributed by atoms with van der Waals surface area (Å²) >= 11 is 1.73. The molecule has 0 saturated carbocycles. The van der Waals surface area contributed by atoms with Crippen molar-refractivity contribution in [3.8, 4) is 0 Å². The van der Waals surface area contributed by atoms with Crippen LogP contribution < -0.4 is 0 Å². The van der Waals surface area contributed by atoms with Gasteiger partial charge in [0.05, 0.1) is 22.9 Å². The molecule has 0 aliphatic rings. The summed E-state index contributed by atoms with van der Waals surface area (Å²) in [6.45, 7) is 2.12. The van der Waals surface area contributed by atoms with Crippen LogP contribution in [0.25, 0.3) is 21.9 Å². The molecule has 5 heteroatoms. The predicted octanol–water partition coefficient (Wildman–Crippen LogP) is 2.62. The van der Waals surface area contributed by atoms with Gasteiger partial charge in [-0.3, -0.25) is 0 Å². The van der Waals surface area contributed by atoms with Gasteiger partial charge in [0, 0.05) is 5.39 Å². The Morgan fingerprint density at radius 2 is 2.12 bits per heavy atom. The fourth-order valence-corrected chi connectivity index (χ4v) is 2.43. The Labute approximate surface area is 96.5 Å². The predicted molar refractivity (Wildman–Crippen MR) is 65.6 cm³/mol. The maximum absolute atomic E-state index is 4.31. The van der Waals surface area contributed by atoms with Crippen LogP contribution in [0.5, 0.6) is 0 Å². The minimum absolute atomic E-state index is 0.943. The van der Waals surface area contributed by atoms with E-state index in [9.17, 15) is 0 Å². The molecule has 1 N–H and O–H groups in total. The van der Waals surface area contributed by atoms with Crippen molar-refractivity contribution in [2.45, 2.75) is 11.9 Å². The fourth-order valence-electron chi connectivity index (χ4n) is 1.71. The largest absolute Gasteiger partial charge is 0.345 e. The lowest BCUT2D eigenvalue weighted by Gasteiger charge is -2.02. The zero-order valence-electron chi connectivity index (χ0n) is 8.77. The van der Waals surface area contributed by atoms with Crippen LogP contribution in [0.4, 0.5) is 0 Å². The van der Waals surface area contributed by atoms with Crippen molar-refractivity contribution in [1.82, 2.24) is 19.9 Å². The number of thioether (sulfide) groups is 1. The number of hydrogen-bond acceptors (Lipinski definition) is 4. The maximum Gasteiger partial charge on any atom is 0.117 e. The monoisotopic (exact) mass is 230 g/mol. The minimum Gasteiger partial charge on any atom is -0.345 e. The number of rotatable bonds is 2. The number of H-pyrrole nitrogens is 1. The van der Waals surface area contributed by atoms with Crippen molar-refractivity contribution in [3.05, 3.63) is 24.8 Å². The standard InChI is InChI=1S/C11H10N4S/c1-2-16-11-7-3-9-10(14-5-13-9)4-8(7)12-6-15-11/h3-6H,2H2,1H3,(H,13,14). The van der Waals surface area contributed by atoms with E-state index in [-0.39, 0.29) is 0 Å². The Morgan fingerprint density at radius 1 is 1.19 bits per heavy atom. The molecule has 3 aromatic rings. The number of nitrogens with one attached hydrogen (secondary N) is 1. The molecule has 0 bridgehead atoms. The molecule has 0 aliphatic carbocycles. The minimum atomic E-state index is 0.943. The Morgan fingerprint density at radius 3 is 3.00 bits per heavy atom. The number of aromatic amines is 1. The molecule has 1 aromatic carbocycles. The highest BCUT2D eigenvalue weighted by Gasteiger charge is 2.06. The van der Waals surface area contributed by atoms with Crippen LogP contribution in [0, 0.1) is 0 Å². The first-order valence-electron chi connectivity index (χ1n) is 5.09. The van der Waals surface area contributed by atoms with Gasteiger partial charge in [0.25, 0.3) is 0 Å². The molecule has 0 saturated heterocycles. The van der Waals surface area contributed by atoms with Crippen LogP contribution >= 0.6 is 11.8 Å². The molecule has 0 radical (unpaired) electrons. The second-order valence-corrected chi connectivity index (χ2v) is 4.65. The summed E-state index contributed by atoms with van der Waals surface area (Å²) in [6, 6.07) is 4.05. The first-order valence-corrected chi connectivity index (χ1v) is 6.07. The smallest absolute Gasteiger partial charge is 0.117 e. The van der Waals surface area contributed by atoms with Crippen molar-refractivity contribution >= 4 is 33.7 Å². The van der Waals surface area contributed by atoms with Crippen LogP contribution in [0.1, 0.15) is 6.92 Å². The number of benzene rings is 1.